The minimum absolute atomic E-state index is 0.0496. The Balaban J connectivity index is 1.91. The van der Waals surface area contributed by atoms with Gasteiger partial charge in [-0.25, -0.2) is 0 Å². The van der Waals surface area contributed by atoms with Gasteiger partial charge in [0.15, 0.2) is 12.1 Å². The highest BCUT2D eigenvalue weighted by molar-refractivity contribution is 5.91. The monoisotopic (exact) mass is 224 g/mol. The minimum Gasteiger partial charge on any atom is -0.382 e. The van der Waals surface area contributed by atoms with Crippen LogP contribution in [-0.2, 0) is 19.0 Å². The van der Waals surface area contributed by atoms with E-state index in [-0.39, 0.29) is 23.7 Å². The van der Waals surface area contributed by atoms with E-state index in [2.05, 4.69) is 0 Å². The van der Waals surface area contributed by atoms with Crippen molar-refractivity contribution in [2.45, 2.75) is 30.2 Å². The van der Waals surface area contributed by atoms with Crippen molar-refractivity contribution >= 4 is 5.78 Å². The van der Waals surface area contributed by atoms with Crippen LogP contribution in [0.1, 0.15) is 0 Å². The Morgan fingerprint density at radius 3 is 3.06 bits per heavy atom. The molecule has 5 aliphatic heterocycles. The molecule has 5 nitrogen and oxygen atoms in total. The number of carbonyl (C=O) groups excluding carboxylic acids is 1. The molecule has 0 aromatic rings. The summed E-state index contributed by atoms with van der Waals surface area (Å²) in [5.41, 5.74) is -1.10. The molecule has 7 atom stereocenters. The zero-order valence-corrected chi connectivity index (χ0v) is 8.70. The maximum Gasteiger partial charge on any atom is 0.171 e. The smallest absolute Gasteiger partial charge is 0.171 e. The molecule has 16 heavy (non-hydrogen) atoms. The SMILES string of the molecule is COC1OC2C(=O)C3C4C=CC(O)(C2O4)C13. The summed E-state index contributed by atoms with van der Waals surface area (Å²) in [4.78, 5) is 12.0. The van der Waals surface area contributed by atoms with E-state index in [0.717, 1.165) is 0 Å². The molecule has 1 N–H and O–H groups in total. The number of ketones is 1. The van der Waals surface area contributed by atoms with Crippen LogP contribution >= 0.6 is 0 Å². The lowest BCUT2D eigenvalue weighted by molar-refractivity contribution is -0.366. The molecule has 5 heteroatoms. The van der Waals surface area contributed by atoms with Crippen LogP contribution in [0.4, 0.5) is 0 Å². The summed E-state index contributed by atoms with van der Waals surface area (Å²) in [5.74, 6) is -0.596. The molecule has 0 amide bonds. The summed E-state index contributed by atoms with van der Waals surface area (Å²) in [6, 6.07) is 0. The fraction of sp³-hybridized carbons (Fsp3) is 0.727. The van der Waals surface area contributed by atoms with Gasteiger partial charge in [0.1, 0.15) is 17.8 Å². The summed E-state index contributed by atoms with van der Waals surface area (Å²) in [5, 5.41) is 10.6. The molecule has 0 aromatic carbocycles. The van der Waals surface area contributed by atoms with Crippen molar-refractivity contribution in [3.05, 3.63) is 12.2 Å². The van der Waals surface area contributed by atoms with Crippen LogP contribution in [0.2, 0.25) is 0 Å². The molecule has 4 saturated heterocycles. The van der Waals surface area contributed by atoms with Crippen molar-refractivity contribution in [1.29, 1.82) is 0 Å². The van der Waals surface area contributed by atoms with Crippen LogP contribution in [0.3, 0.4) is 0 Å². The van der Waals surface area contributed by atoms with Crippen molar-refractivity contribution in [3.8, 4) is 0 Å². The predicted octanol–water partition coefficient (Wildman–Crippen LogP) is -0.759. The van der Waals surface area contributed by atoms with E-state index in [1.807, 2.05) is 0 Å². The summed E-state index contributed by atoms with van der Waals surface area (Å²) >= 11 is 0. The van der Waals surface area contributed by atoms with Crippen molar-refractivity contribution in [2.75, 3.05) is 7.11 Å². The van der Waals surface area contributed by atoms with E-state index in [0.29, 0.717) is 0 Å². The van der Waals surface area contributed by atoms with Gasteiger partial charge < -0.3 is 19.3 Å². The second kappa shape index (κ2) is 2.56. The third kappa shape index (κ3) is 0.757. The summed E-state index contributed by atoms with van der Waals surface area (Å²) in [7, 11) is 1.53. The number of hydrogen-bond acceptors (Lipinski definition) is 5. The van der Waals surface area contributed by atoms with Gasteiger partial charge >= 0.3 is 0 Å². The topological polar surface area (TPSA) is 65.0 Å². The molecule has 5 heterocycles. The van der Waals surface area contributed by atoms with Crippen molar-refractivity contribution in [3.63, 3.8) is 0 Å². The summed E-state index contributed by atoms with van der Waals surface area (Å²) in [6.07, 6.45) is 1.58. The molecule has 2 aliphatic carbocycles. The molecule has 6 bridgehead atoms. The lowest BCUT2D eigenvalue weighted by atomic mass is 9.56. The number of hydrogen-bond donors (Lipinski definition) is 1. The highest BCUT2D eigenvalue weighted by atomic mass is 16.7. The zero-order chi connectivity index (χ0) is 11.1. The normalized spacial score (nSPS) is 61.0. The van der Waals surface area contributed by atoms with E-state index >= 15 is 0 Å². The Morgan fingerprint density at radius 2 is 2.31 bits per heavy atom. The third-order valence-electron chi connectivity index (χ3n) is 4.28. The first kappa shape index (κ1) is 9.30. The Hall–Kier alpha value is -0.750. The van der Waals surface area contributed by atoms with Crippen molar-refractivity contribution < 1.29 is 24.1 Å². The Morgan fingerprint density at radius 1 is 1.50 bits per heavy atom. The fourth-order valence-electron chi connectivity index (χ4n) is 3.61. The number of carbonyl (C=O) groups is 1. The first-order valence-electron chi connectivity index (χ1n) is 5.46. The van der Waals surface area contributed by atoms with Gasteiger partial charge in [0.25, 0.3) is 0 Å². The van der Waals surface area contributed by atoms with Gasteiger partial charge in [0, 0.05) is 7.11 Å². The first-order valence-corrected chi connectivity index (χ1v) is 5.46. The van der Waals surface area contributed by atoms with E-state index < -0.39 is 24.1 Å². The first-order chi connectivity index (χ1) is 7.66. The molecular weight excluding hydrogens is 212 g/mol. The van der Waals surface area contributed by atoms with Crippen molar-refractivity contribution in [1.82, 2.24) is 0 Å². The van der Waals surface area contributed by atoms with Gasteiger partial charge in [-0.3, -0.25) is 4.79 Å². The molecule has 7 unspecified atom stereocenters. The number of aliphatic hydroxyl groups is 1. The third-order valence-corrected chi connectivity index (χ3v) is 4.28. The van der Waals surface area contributed by atoms with Crippen LogP contribution in [-0.4, -0.2) is 48.2 Å². The zero-order valence-electron chi connectivity index (χ0n) is 8.70. The number of fused-ring (bicyclic) bond motifs is 1. The van der Waals surface area contributed by atoms with Gasteiger partial charge in [-0.2, -0.15) is 0 Å². The summed E-state index contributed by atoms with van der Waals surface area (Å²) < 4.78 is 16.4. The second-order valence-electron chi connectivity index (χ2n) is 4.88. The van der Waals surface area contributed by atoms with Crippen LogP contribution in [0, 0.1) is 11.8 Å². The Bertz CT molecular complexity index is 405. The molecule has 5 fully saturated rings. The molecule has 0 radical (unpaired) electrons. The molecule has 1 saturated carbocycles. The standard InChI is InChI=1S/C11H12O5/c1-14-10-6-5-4-2-3-11(6,13)9(15-4)8(16-10)7(5)12/h2-6,8-10,13H,1H3. The van der Waals surface area contributed by atoms with Gasteiger partial charge in [0.2, 0.25) is 0 Å². The quantitative estimate of drug-likeness (QED) is 0.593. The van der Waals surface area contributed by atoms with Crippen LogP contribution in [0.25, 0.3) is 0 Å². The molecular formula is C11H12O5. The minimum atomic E-state index is -1.10. The fourth-order valence-corrected chi connectivity index (χ4v) is 3.61. The highest BCUT2D eigenvalue weighted by Gasteiger charge is 2.73. The predicted molar refractivity (Wildman–Crippen MR) is 50.4 cm³/mol. The molecule has 0 spiro atoms. The average Bonchev–Trinajstić information content (AvgIpc) is 2.28. The van der Waals surface area contributed by atoms with Gasteiger partial charge in [-0.05, 0) is 0 Å². The van der Waals surface area contributed by atoms with E-state index in [1.54, 1.807) is 12.2 Å². The summed E-state index contributed by atoms with van der Waals surface area (Å²) in [6.45, 7) is 0. The molecule has 86 valence electrons. The lowest BCUT2D eigenvalue weighted by Crippen LogP contribution is -2.80. The average molecular weight is 224 g/mol. The van der Waals surface area contributed by atoms with Gasteiger partial charge in [-0.15, -0.1) is 0 Å². The molecule has 7 rings (SSSR count). The van der Waals surface area contributed by atoms with E-state index in [4.69, 9.17) is 14.2 Å². The molecule has 0 aromatic heterocycles. The number of ether oxygens (including phenoxy) is 3. The van der Waals surface area contributed by atoms with E-state index in [1.165, 1.54) is 7.11 Å². The number of methoxy groups -OCH3 is 1. The van der Waals surface area contributed by atoms with Gasteiger partial charge in [0.05, 0.1) is 17.9 Å². The maximum atomic E-state index is 12.0. The van der Waals surface area contributed by atoms with Crippen LogP contribution in [0.5, 0.6) is 0 Å². The maximum absolute atomic E-state index is 12.0. The lowest BCUT2D eigenvalue weighted by Gasteiger charge is -2.64. The van der Waals surface area contributed by atoms with E-state index in [9.17, 15) is 9.90 Å². The van der Waals surface area contributed by atoms with Gasteiger partial charge in [-0.1, -0.05) is 12.2 Å². The molecule has 7 aliphatic rings. The second-order valence-corrected chi connectivity index (χ2v) is 4.88. The Kier molecular flexibility index (Phi) is 1.49. The van der Waals surface area contributed by atoms with Crippen molar-refractivity contribution in [2.24, 2.45) is 11.8 Å². The van der Waals surface area contributed by atoms with Crippen LogP contribution < -0.4 is 0 Å². The largest absolute Gasteiger partial charge is 0.382 e. The number of Topliss-reactive ketones (excluding diaryl/α,β-unsaturated/α-hetero) is 1. The van der Waals surface area contributed by atoms with Crippen LogP contribution in [0.15, 0.2) is 12.2 Å². The Labute approximate surface area is 92.0 Å². The highest BCUT2D eigenvalue weighted by Crippen LogP contribution is 2.56. The number of rotatable bonds is 1.